The first-order valence-corrected chi connectivity index (χ1v) is 6.69. The number of aromatic nitrogens is 2. The van der Waals surface area contributed by atoms with Crippen LogP contribution in [-0.2, 0) is 20.0 Å². The van der Waals surface area contributed by atoms with E-state index in [2.05, 4.69) is 23.5 Å². The lowest BCUT2D eigenvalue weighted by atomic mass is 10.2. The summed E-state index contributed by atoms with van der Waals surface area (Å²) in [6.07, 6.45) is 3.04. The number of aryl methyl sites for hydroxylation is 2. The van der Waals surface area contributed by atoms with Gasteiger partial charge in [-0.15, -0.1) is 0 Å². The molecule has 0 bridgehead atoms. The van der Waals surface area contributed by atoms with Crippen molar-refractivity contribution in [1.29, 1.82) is 0 Å². The molecule has 0 spiro atoms. The molecule has 0 aliphatic carbocycles. The summed E-state index contributed by atoms with van der Waals surface area (Å²) in [7, 11) is 1.96. The molecule has 0 saturated carbocycles. The van der Waals surface area contributed by atoms with Crippen LogP contribution in [0.25, 0.3) is 0 Å². The molecular weight excluding hydrogens is 238 g/mol. The molecule has 0 unspecified atom stereocenters. The van der Waals surface area contributed by atoms with Crippen LogP contribution < -0.4 is 10.1 Å². The number of ether oxygens (including phenoxy) is 1. The highest BCUT2D eigenvalue weighted by Crippen LogP contribution is 2.08. The monoisotopic (exact) mass is 259 g/mol. The van der Waals surface area contributed by atoms with Crippen LogP contribution in [0.5, 0.6) is 5.75 Å². The molecule has 0 amide bonds. The van der Waals surface area contributed by atoms with E-state index in [0.717, 1.165) is 25.3 Å². The summed E-state index contributed by atoms with van der Waals surface area (Å²) in [5.41, 5.74) is 2.43. The van der Waals surface area contributed by atoms with Crippen LogP contribution in [0, 0.1) is 0 Å². The summed E-state index contributed by atoms with van der Waals surface area (Å²) in [4.78, 5) is 0. The Hall–Kier alpha value is -1.81. The average Bonchev–Trinajstić information content (AvgIpc) is 2.80. The molecule has 0 fully saturated rings. The molecule has 1 N–H and O–H groups in total. The quantitative estimate of drug-likeness (QED) is 0.774. The molecule has 1 aromatic heterocycles. The first-order valence-electron chi connectivity index (χ1n) is 6.69. The second-order valence-electron chi connectivity index (χ2n) is 4.47. The Bertz CT molecular complexity index is 493. The standard InChI is InChI=1S/C15H21N3O/c1-3-15-13(12-18(2)17-15)11-16-9-10-19-14-7-5-4-6-8-14/h4-8,12,16H,3,9-11H2,1-2H3. The van der Waals surface area contributed by atoms with Crippen LogP contribution in [0.15, 0.2) is 36.5 Å². The second-order valence-corrected chi connectivity index (χ2v) is 4.47. The van der Waals surface area contributed by atoms with E-state index in [1.54, 1.807) is 0 Å². The van der Waals surface area contributed by atoms with Crippen LogP contribution >= 0.6 is 0 Å². The van der Waals surface area contributed by atoms with E-state index in [9.17, 15) is 0 Å². The van der Waals surface area contributed by atoms with Gasteiger partial charge in [0.1, 0.15) is 12.4 Å². The van der Waals surface area contributed by atoms with E-state index in [-0.39, 0.29) is 0 Å². The third-order valence-corrected chi connectivity index (χ3v) is 2.93. The minimum Gasteiger partial charge on any atom is -0.492 e. The number of hydrogen-bond acceptors (Lipinski definition) is 3. The van der Waals surface area contributed by atoms with E-state index < -0.39 is 0 Å². The van der Waals surface area contributed by atoms with Gasteiger partial charge in [0.05, 0.1) is 5.69 Å². The largest absolute Gasteiger partial charge is 0.492 e. The van der Waals surface area contributed by atoms with Crippen molar-refractivity contribution >= 4 is 0 Å². The lowest BCUT2D eigenvalue weighted by Crippen LogP contribution is -2.20. The van der Waals surface area contributed by atoms with Crippen molar-refractivity contribution in [3.63, 3.8) is 0 Å². The van der Waals surface area contributed by atoms with Gasteiger partial charge in [0.25, 0.3) is 0 Å². The number of hydrogen-bond donors (Lipinski definition) is 1. The third kappa shape index (κ3) is 4.10. The van der Waals surface area contributed by atoms with Gasteiger partial charge in [0, 0.05) is 31.9 Å². The zero-order valence-corrected chi connectivity index (χ0v) is 11.6. The third-order valence-electron chi connectivity index (χ3n) is 2.93. The number of rotatable bonds is 7. The van der Waals surface area contributed by atoms with Crippen molar-refractivity contribution in [2.45, 2.75) is 19.9 Å². The van der Waals surface area contributed by atoms with Crippen LogP contribution in [0.1, 0.15) is 18.2 Å². The van der Waals surface area contributed by atoms with Gasteiger partial charge in [0.15, 0.2) is 0 Å². The van der Waals surface area contributed by atoms with Gasteiger partial charge in [-0.1, -0.05) is 25.1 Å². The minimum atomic E-state index is 0.672. The topological polar surface area (TPSA) is 39.1 Å². The summed E-state index contributed by atoms with van der Waals surface area (Å²) in [5, 5.41) is 7.80. The lowest BCUT2D eigenvalue weighted by Gasteiger charge is -2.07. The van der Waals surface area contributed by atoms with Gasteiger partial charge in [-0.2, -0.15) is 5.10 Å². The number of nitrogens with zero attached hydrogens (tertiary/aromatic N) is 2. The van der Waals surface area contributed by atoms with Crippen molar-refractivity contribution in [3.05, 3.63) is 47.8 Å². The number of nitrogens with one attached hydrogen (secondary N) is 1. The smallest absolute Gasteiger partial charge is 0.119 e. The fraction of sp³-hybridized carbons (Fsp3) is 0.400. The fourth-order valence-electron chi connectivity index (χ4n) is 2.01. The molecule has 0 saturated heterocycles. The first-order chi connectivity index (χ1) is 9.29. The van der Waals surface area contributed by atoms with Gasteiger partial charge in [-0.25, -0.2) is 0 Å². The lowest BCUT2D eigenvalue weighted by molar-refractivity contribution is 0.313. The summed E-state index contributed by atoms with van der Waals surface area (Å²) in [6.45, 7) is 4.47. The Balaban J connectivity index is 1.69. The molecule has 0 aliphatic rings. The molecule has 19 heavy (non-hydrogen) atoms. The van der Waals surface area contributed by atoms with E-state index >= 15 is 0 Å². The molecule has 4 nitrogen and oxygen atoms in total. The SMILES string of the molecule is CCc1nn(C)cc1CNCCOc1ccccc1. The van der Waals surface area contributed by atoms with Crippen LogP contribution in [-0.4, -0.2) is 22.9 Å². The molecule has 0 radical (unpaired) electrons. The predicted octanol–water partition coefficient (Wildman–Crippen LogP) is 2.15. The minimum absolute atomic E-state index is 0.672. The molecule has 2 rings (SSSR count). The highest BCUT2D eigenvalue weighted by atomic mass is 16.5. The van der Waals surface area contributed by atoms with Gasteiger partial charge in [0.2, 0.25) is 0 Å². The van der Waals surface area contributed by atoms with Crippen LogP contribution in [0.2, 0.25) is 0 Å². The summed E-state index contributed by atoms with van der Waals surface area (Å²) in [5.74, 6) is 0.917. The molecule has 1 heterocycles. The molecule has 2 aromatic rings. The van der Waals surface area contributed by atoms with Crippen molar-refractivity contribution < 1.29 is 4.74 Å². The van der Waals surface area contributed by atoms with Crippen molar-refractivity contribution in [2.24, 2.45) is 7.05 Å². The second kappa shape index (κ2) is 6.95. The van der Waals surface area contributed by atoms with Gasteiger partial charge < -0.3 is 10.1 Å². The van der Waals surface area contributed by atoms with Crippen LogP contribution in [0.3, 0.4) is 0 Å². The Morgan fingerprint density at radius 2 is 2.05 bits per heavy atom. The number of para-hydroxylation sites is 1. The van der Waals surface area contributed by atoms with Crippen molar-refractivity contribution in [3.8, 4) is 5.75 Å². The highest BCUT2D eigenvalue weighted by Gasteiger charge is 2.04. The Morgan fingerprint density at radius 1 is 1.26 bits per heavy atom. The zero-order chi connectivity index (χ0) is 13.5. The maximum atomic E-state index is 5.62. The first kappa shape index (κ1) is 13.6. The van der Waals surface area contributed by atoms with Gasteiger partial charge in [-0.3, -0.25) is 4.68 Å². The Labute approximate surface area is 114 Å². The fourth-order valence-corrected chi connectivity index (χ4v) is 2.01. The van der Waals surface area contributed by atoms with E-state index in [0.29, 0.717) is 6.61 Å². The van der Waals surface area contributed by atoms with Gasteiger partial charge in [-0.05, 0) is 18.6 Å². The Kier molecular flexibility index (Phi) is 4.98. The summed E-state index contributed by atoms with van der Waals surface area (Å²) < 4.78 is 7.49. The van der Waals surface area contributed by atoms with E-state index in [4.69, 9.17) is 4.74 Å². The normalized spacial score (nSPS) is 10.6. The molecule has 0 aliphatic heterocycles. The van der Waals surface area contributed by atoms with Crippen LogP contribution in [0.4, 0.5) is 0 Å². The summed E-state index contributed by atoms with van der Waals surface area (Å²) >= 11 is 0. The zero-order valence-electron chi connectivity index (χ0n) is 11.6. The maximum Gasteiger partial charge on any atom is 0.119 e. The maximum absolute atomic E-state index is 5.62. The van der Waals surface area contributed by atoms with Gasteiger partial charge >= 0.3 is 0 Å². The molecular formula is C15H21N3O. The van der Waals surface area contributed by atoms with E-state index in [1.165, 1.54) is 11.3 Å². The summed E-state index contributed by atoms with van der Waals surface area (Å²) in [6, 6.07) is 9.88. The van der Waals surface area contributed by atoms with Crippen molar-refractivity contribution in [2.75, 3.05) is 13.2 Å². The molecule has 4 heteroatoms. The average molecular weight is 259 g/mol. The predicted molar refractivity (Wildman–Crippen MR) is 76.2 cm³/mol. The molecule has 102 valence electrons. The highest BCUT2D eigenvalue weighted by molar-refractivity contribution is 5.20. The molecule has 1 aromatic carbocycles. The van der Waals surface area contributed by atoms with E-state index in [1.807, 2.05) is 42.1 Å². The van der Waals surface area contributed by atoms with Crippen molar-refractivity contribution in [1.82, 2.24) is 15.1 Å². The Morgan fingerprint density at radius 3 is 2.79 bits per heavy atom. The molecule has 0 atom stereocenters. The number of benzene rings is 1.